The SMILES string of the molecule is Cc1ccccc1-c1c(O)nc(CC(C)(C)C)[nH]c1=O. The lowest BCUT2D eigenvalue weighted by Gasteiger charge is -2.17. The Morgan fingerprint density at radius 1 is 1.25 bits per heavy atom. The number of benzene rings is 1. The Bertz CT molecular complexity index is 682. The van der Waals surface area contributed by atoms with Crippen LogP contribution in [0.15, 0.2) is 29.1 Å². The molecule has 0 unspecified atom stereocenters. The number of aryl methyl sites for hydroxylation is 1. The fourth-order valence-electron chi connectivity index (χ4n) is 2.19. The van der Waals surface area contributed by atoms with E-state index in [1.807, 2.05) is 31.2 Å². The predicted octanol–water partition coefficient (Wildman–Crippen LogP) is 3.04. The lowest BCUT2D eigenvalue weighted by atomic mass is 9.92. The van der Waals surface area contributed by atoms with Gasteiger partial charge in [0.15, 0.2) is 0 Å². The summed E-state index contributed by atoms with van der Waals surface area (Å²) in [6.07, 6.45) is 0.601. The molecule has 0 aliphatic rings. The Morgan fingerprint density at radius 2 is 1.90 bits per heavy atom. The molecule has 0 atom stereocenters. The average molecular weight is 272 g/mol. The number of hydrogen-bond donors (Lipinski definition) is 2. The van der Waals surface area contributed by atoms with Crippen molar-refractivity contribution in [3.63, 3.8) is 0 Å². The highest BCUT2D eigenvalue weighted by molar-refractivity contribution is 5.70. The molecule has 106 valence electrons. The molecule has 2 aromatic rings. The molecule has 0 radical (unpaired) electrons. The van der Waals surface area contributed by atoms with Crippen LogP contribution in [0.25, 0.3) is 11.1 Å². The van der Waals surface area contributed by atoms with Crippen LogP contribution in [-0.4, -0.2) is 15.1 Å². The molecular weight excluding hydrogens is 252 g/mol. The van der Waals surface area contributed by atoms with Gasteiger partial charge in [-0.25, -0.2) is 0 Å². The highest BCUT2D eigenvalue weighted by Crippen LogP contribution is 2.27. The lowest BCUT2D eigenvalue weighted by molar-refractivity contribution is 0.392. The van der Waals surface area contributed by atoms with E-state index in [4.69, 9.17) is 0 Å². The van der Waals surface area contributed by atoms with Crippen molar-refractivity contribution in [1.29, 1.82) is 0 Å². The highest BCUT2D eigenvalue weighted by atomic mass is 16.3. The van der Waals surface area contributed by atoms with Crippen molar-refractivity contribution in [2.24, 2.45) is 5.41 Å². The first-order valence-electron chi connectivity index (χ1n) is 6.66. The van der Waals surface area contributed by atoms with Crippen molar-refractivity contribution in [1.82, 2.24) is 9.97 Å². The second-order valence-electron chi connectivity index (χ2n) is 6.26. The molecule has 20 heavy (non-hydrogen) atoms. The molecule has 1 aromatic carbocycles. The molecular formula is C16H20N2O2. The molecule has 2 rings (SSSR count). The number of H-pyrrole nitrogens is 1. The van der Waals surface area contributed by atoms with E-state index < -0.39 is 0 Å². The predicted molar refractivity (Wildman–Crippen MR) is 79.9 cm³/mol. The molecule has 1 aromatic heterocycles. The van der Waals surface area contributed by atoms with E-state index in [1.165, 1.54) is 0 Å². The third kappa shape index (κ3) is 3.07. The molecule has 0 spiro atoms. The van der Waals surface area contributed by atoms with Crippen LogP contribution in [0.5, 0.6) is 5.88 Å². The molecule has 4 heteroatoms. The number of nitrogens with one attached hydrogen (secondary N) is 1. The Hall–Kier alpha value is -2.10. The first-order chi connectivity index (χ1) is 9.28. The van der Waals surface area contributed by atoms with Crippen molar-refractivity contribution in [3.05, 3.63) is 46.0 Å². The topological polar surface area (TPSA) is 66.0 Å². The number of aromatic amines is 1. The average Bonchev–Trinajstić information content (AvgIpc) is 2.28. The second kappa shape index (κ2) is 5.12. The Morgan fingerprint density at radius 3 is 2.45 bits per heavy atom. The summed E-state index contributed by atoms with van der Waals surface area (Å²) in [6.45, 7) is 8.06. The number of rotatable bonds is 2. The standard InChI is InChI=1S/C16H20N2O2/c1-10-7-5-6-8-11(10)13-14(19)17-12(18-15(13)20)9-16(2,3)4/h5-8H,9H2,1-4H3,(H2,17,18,19,20). The van der Waals surface area contributed by atoms with Crippen LogP contribution >= 0.6 is 0 Å². The van der Waals surface area contributed by atoms with Crippen LogP contribution in [-0.2, 0) is 6.42 Å². The molecule has 0 fully saturated rings. The fraction of sp³-hybridized carbons (Fsp3) is 0.375. The van der Waals surface area contributed by atoms with Crippen molar-refractivity contribution in [2.45, 2.75) is 34.1 Å². The van der Waals surface area contributed by atoms with Crippen LogP contribution in [0, 0.1) is 12.3 Å². The maximum atomic E-state index is 12.2. The van der Waals surface area contributed by atoms with Crippen LogP contribution in [0.2, 0.25) is 0 Å². The van der Waals surface area contributed by atoms with E-state index in [0.29, 0.717) is 17.8 Å². The van der Waals surface area contributed by atoms with Crippen LogP contribution in [0.3, 0.4) is 0 Å². The molecule has 2 N–H and O–H groups in total. The van der Waals surface area contributed by atoms with E-state index in [9.17, 15) is 9.90 Å². The van der Waals surface area contributed by atoms with Gasteiger partial charge in [0, 0.05) is 6.42 Å². The van der Waals surface area contributed by atoms with Crippen molar-refractivity contribution < 1.29 is 5.11 Å². The summed E-state index contributed by atoms with van der Waals surface area (Å²) in [6, 6.07) is 7.44. The maximum absolute atomic E-state index is 12.2. The zero-order valence-electron chi connectivity index (χ0n) is 12.3. The van der Waals surface area contributed by atoms with E-state index in [-0.39, 0.29) is 22.4 Å². The molecule has 0 aliphatic heterocycles. The first kappa shape index (κ1) is 14.3. The Balaban J connectivity index is 2.53. The van der Waals surface area contributed by atoms with Gasteiger partial charge in [-0.2, -0.15) is 4.98 Å². The van der Waals surface area contributed by atoms with Gasteiger partial charge in [-0.05, 0) is 23.5 Å². The van der Waals surface area contributed by atoms with Gasteiger partial charge in [0.1, 0.15) is 11.4 Å². The van der Waals surface area contributed by atoms with Crippen molar-refractivity contribution in [2.75, 3.05) is 0 Å². The molecule has 0 bridgehead atoms. The Labute approximate surface area is 118 Å². The third-order valence-electron chi connectivity index (χ3n) is 3.06. The molecule has 0 saturated carbocycles. The molecule has 1 heterocycles. The quantitative estimate of drug-likeness (QED) is 0.883. The fourth-order valence-corrected chi connectivity index (χ4v) is 2.19. The van der Waals surface area contributed by atoms with E-state index in [1.54, 1.807) is 0 Å². The normalized spacial score (nSPS) is 11.6. The number of hydrogen-bond acceptors (Lipinski definition) is 3. The van der Waals surface area contributed by atoms with Gasteiger partial charge in [-0.1, -0.05) is 45.0 Å². The van der Waals surface area contributed by atoms with Gasteiger partial charge in [0.25, 0.3) is 5.56 Å². The van der Waals surface area contributed by atoms with Gasteiger partial charge in [-0.15, -0.1) is 0 Å². The van der Waals surface area contributed by atoms with Crippen LogP contribution in [0.1, 0.15) is 32.2 Å². The lowest BCUT2D eigenvalue weighted by Crippen LogP contribution is -2.19. The van der Waals surface area contributed by atoms with Crippen molar-refractivity contribution in [3.8, 4) is 17.0 Å². The largest absolute Gasteiger partial charge is 0.493 e. The minimum Gasteiger partial charge on any atom is -0.493 e. The summed E-state index contributed by atoms with van der Waals surface area (Å²) in [4.78, 5) is 19.2. The van der Waals surface area contributed by atoms with Gasteiger partial charge >= 0.3 is 0 Å². The monoisotopic (exact) mass is 272 g/mol. The van der Waals surface area contributed by atoms with Gasteiger partial charge < -0.3 is 10.1 Å². The van der Waals surface area contributed by atoms with Gasteiger partial charge in [-0.3, -0.25) is 4.79 Å². The zero-order valence-corrected chi connectivity index (χ0v) is 12.3. The molecule has 0 aliphatic carbocycles. The number of nitrogens with zero attached hydrogens (tertiary/aromatic N) is 1. The smallest absolute Gasteiger partial charge is 0.262 e. The van der Waals surface area contributed by atoms with E-state index >= 15 is 0 Å². The first-order valence-corrected chi connectivity index (χ1v) is 6.66. The van der Waals surface area contributed by atoms with E-state index in [2.05, 4.69) is 30.7 Å². The third-order valence-corrected chi connectivity index (χ3v) is 3.06. The summed E-state index contributed by atoms with van der Waals surface area (Å²) < 4.78 is 0. The number of aromatic hydroxyl groups is 1. The summed E-state index contributed by atoms with van der Waals surface area (Å²) in [7, 11) is 0. The zero-order chi connectivity index (χ0) is 14.9. The van der Waals surface area contributed by atoms with E-state index in [0.717, 1.165) is 5.56 Å². The number of aromatic nitrogens is 2. The Kier molecular flexibility index (Phi) is 3.66. The minimum absolute atomic E-state index is 0.00738. The minimum atomic E-state index is -0.300. The molecule has 4 nitrogen and oxygen atoms in total. The highest BCUT2D eigenvalue weighted by Gasteiger charge is 2.18. The van der Waals surface area contributed by atoms with Gasteiger partial charge in [0.05, 0.1) is 0 Å². The second-order valence-corrected chi connectivity index (χ2v) is 6.26. The van der Waals surface area contributed by atoms with Crippen LogP contribution in [0.4, 0.5) is 0 Å². The van der Waals surface area contributed by atoms with Crippen molar-refractivity contribution >= 4 is 0 Å². The van der Waals surface area contributed by atoms with Crippen LogP contribution < -0.4 is 5.56 Å². The summed E-state index contributed by atoms with van der Waals surface area (Å²) in [5.74, 6) is 0.305. The summed E-state index contributed by atoms with van der Waals surface area (Å²) in [5.41, 5.74) is 1.57. The summed E-state index contributed by atoms with van der Waals surface area (Å²) >= 11 is 0. The summed E-state index contributed by atoms with van der Waals surface area (Å²) in [5, 5.41) is 10.1. The maximum Gasteiger partial charge on any atom is 0.262 e. The van der Waals surface area contributed by atoms with Gasteiger partial charge in [0.2, 0.25) is 5.88 Å². The molecule has 0 amide bonds. The molecule has 0 saturated heterocycles.